The third-order valence-electron chi connectivity index (χ3n) is 2.56. The van der Waals surface area contributed by atoms with Crippen molar-refractivity contribution in [2.45, 2.75) is 71.6 Å². The molecule has 0 saturated carbocycles. The summed E-state index contributed by atoms with van der Waals surface area (Å²) in [5.41, 5.74) is 0. The van der Waals surface area contributed by atoms with Crippen LogP contribution in [0.3, 0.4) is 0 Å². The van der Waals surface area contributed by atoms with E-state index in [9.17, 15) is 9.59 Å². The van der Waals surface area contributed by atoms with Gasteiger partial charge in [-0.25, -0.2) is 9.59 Å². The minimum Gasteiger partial charge on any atom is -0.478 e. The van der Waals surface area contributed by atoms with Gasteiger partial charge in [0, 0.05) is 12.2 Å². The van der Waals surface area contributed by atoms with Crippen molar-refractivity contribution in [1.29, 1.82) is 0 Å². The van der Waals surface area contributed by atoms with Gasteiger partial charge >= 0.3 is 11.9 Å². The maximum atomic E-state index is 9.25. The molecular formula is C17H32O4. The Kier molecular flexibility index (Phi) is 27.4. The van der Waals surface area contributed by atoms with Crippen LogP contribution in [0.5, 0.6) is 0 Å². The molecule has 0 spiro atoms. The number of carboxylic acid groups (broad SMARTS) is 2. The highest BCUT2D eigenvalue weighted by Crippen LogP contribution is 2.08. The van der Waals surface area contributed by atoms with Gasteiger partial charge in [0.2, 0.25) is 0 Å². The Bertz CT molecular complexity index is 234. The van der Waals surface area contributed by atoms with Crippen LogP contribution in [0.25, 0.3) is 0 Å². The van der Waals surface area contributed by atoms with Crippen LogP contribution in [-0.4, -0.2) is 22.2 Å². The quantitative estimate of drug-likeness (QED) is 0.437. The van der Waals surface area contributed by atoms with E-state index in [1.807, 2.05) is 0 Å². The Morgan fingerprint density at radius 1 is 0.714 bits per heavy atom. The highest BCUT2D eigenvalue weighted by atomic mass is 16.4. The maximum Gasteiger partial charge on any atom is 0.327 e. The normalized spacial score (nSPS) is 8.48. The first-order valence-corrected chi connectivity index (χ1v) is 7.66. The number of carbonyl (C=O) groups is 2. The van der Waals surface area contributed by atoms with E-state index in [-0.39, 0.29) is 0 Å². The molecule has 0 aliphatic rings. The number of hydrogen-bond acceptors (Lipinski definition) is 2. The lowest BCUT2D eigenvalue weighted by Crippen LogP contribution is -1.82. The van der Waals surface area contributed by atoms with Gasteiger partial charge in [0.25, 0.3) is 0 Å². The van der Waals surface area contributed by atoms with E-state index in [4.69, 9.17) is 10.2 Å². The average molecular weight is 300 g/mol. The number of hydrogen-bond donors (Lipinski definition) is 2. The van der Waals surface area contributed by atoms with Gasteiger partial charge in [-0.3, -0.25) is 0 Å². The summed E-state index contributed by atoms with van der Waals surface area (Å²) in [6, 6.07) is 0. The lowest BCUT2D eigenvalue weighted by molar-refractivity contribution is -0.132. The SMILES string of the molecule is C=CC(=O)O.C=CC(=O)O.CCCCCCCCCCC. The van der Waals surface area contributed by atoms with Gasteiger partial charge in [-0.05, 0) is 0 Å². The van der Waals surface area contributed by atoms with E-state index in [2.05, 4.69) is 27.0 Å². The first-order chi connectivity index (χ1) is 9.95. The Balaban J connectivity index is -0.000000270. The average Bonchev–Trinajstić information content (AvgIpc) is 2.47. The predicted molar refractivity (Wildman–Crippen MR) is 88.6 cm³/mol. The first-order valence-electron chi connectivity index (χ1n) is 7.66. The van der Waals surface area contributed by atoms with Crippen LogP contribution in [-0.2, 0) is 9.59 Å². The number of aliphatic carboxylic acids is 2. The van der Waals surface area contributed by atoms with Crippen LogP contribution in [0.2, 0.25) is 0 Å². The monoisotopic (exact) mass is 300 g/mol. The van der Waals surface area contributed by atoms with Gasteiger partial charge in [0.05, 0.1) is 0 Å². The van der Waals surface area contributed by atoms with Crippen molar-refractivity contribution in [2.75, 3.05) is 0 Å². The summed E-state index contributed by atoms with van der Waals surface area (Å²) in [5, 5.41) is 15.2. The van der Waals surface area contributed by atoms with Gasteiger partial charge in [0.1, 0.15) is 0 Å². The molecule has 4 nitrogen and oxygen atoms in total. The first kappa shape index (κ1) is 24.4. The third-order valence-corrected chi connectivity index (χ3v) is 2.56. The fraction of sp³-hybridized carbons (Fsp3) is 0.647. The molecule has 0 bridgehead atoms. The van der Waals surface area contributed by atoms with Gasteiger partial charge in [-0.15, -0.1) is 0 Å². The Morgan fingerprint density at radius 2 is 0.905 bits per heavy atom. The van der Waals surface area contributed by atoms with Crippen LogP contribution < -0.4 is 0 Å². The van der Waals surface area contributed by atoms with Crippen molar-refractivity contribution in [3.8, 4) is 0 Å². The van der Waals surface area contributed by atoms with E-state index >= 15 is 0 Å². The molecule has 0 rings (SSSR count). The minimum atomic E-state index is -0.981. The molecule has 0 heterocycles. The fourth-order valence-electron chi connectivity index (χ4n) is 1.38. The van der Waals surface area contributed by atoms with Gasteiger partial charge < -0.3 is 10.2 Å². The van der Waals surface area contributed by atoms with Crippen molar-refractivity contribution in [1.82, 2.24) is 0 Å². The molecule has 4 heteroatoms. The Hall–Kier alpha value is -1.58. The summed E-state index contributed by atoms with van der Waals surface area (Å²) >= 11 is 0. The number of carboxylic acids is 2. The van der Waals surface area contributed by atoms with Crippen molar-refractivity contribution in [3.63, 3.8) is 0 Å². The number of rotatable bonds is 10. The summed E-state index contributed by atoms with van der Waals surface area (Å²) < 4.78 is 0. The lowest BCUT2D eigenvalue weighted by atomic mass is 10.1. The van der Waals surface area contributed by atoms with Gasteiger partial charge in [-0.1, -0.05) is 84.8 Å². The fourth-order valence-corrected chi connectivity index (χ4v) is 1.38. The highest BCUT2D eigenvalue weighted by Gasteiger charge is 1.89. The highest BCUT2D eigenvalue weighted by molar-refractivity contribution is 5.79. The smallest absolute Gasteiger partial charge is 0.327 e. The molecule has 0 radical (unpaired) electrons. The lowest BCUT2D eigenvalue weighted by Gasteiger charge is -1.98. The largest absolute Gasteiger partial charge is 0.478 e. The second-order valence-electron chi connectivity index (χ2n) is 4.56. The molecule has 0 amide bonds. The summed E-state index contributed by atoms with van der Waals surface area (Å²) in [5.74, 6) is -1.96. The summed E-state index contributed by atoms with van der Waals surface area (Å²) in [6.07, 6.45) is 14.6. The molecule has 0 aromatic heterocycles. The molecule has 124 valence electrons. The van der Waals surface area contributed by atoms with Crippen LogP contribution in [0.4, 0.5) is 0 Å². The number of unbranched alkanes of at least 4 members (excludes halogenated alkanes) is 8. The molecule has 0 fully saturated rings. The second-order valence-corrected chi connectivity index (χ2v) is 4.56. The van der Waals surface area contributed by atoms with Crippen molar-refractivity contribution >= 4 is 11.9 Å². The molecule has 0 unspecified atom stereocenters. The molecule has 21 heavy (non-hydrogen) atoms. The minimum absolute atomic E-state index is 0.833. The van der Waals surface area contributed by atoms with Crippen LogP contribution in [0.15, 0.2) is 25.3 Å². The molecule has 0 aromatic carbocycles. The topological polar surface area (TPSA) is 74.6 Å². The molecule has 0 aliphatic heterocycles. The van der Waals surface area contributed by atoms with Crippen LogP contribution in [0.1, 0.15) is 71.6 Å². The predicted octanol–water partition coefficient (Wildman–Crippen LogP) is 5.05. The zero-order valence-corrected chi connectivity index (χ0v) is 13.6. The molecular weight excluding hydrogens is 268 g/mol. The van der Waals surface area contributed by atoms with Crippen molar-refractivity contribution < 1.29 is 19.8 Å². The van der Waals surface area contributed by atoms with Crippen LogP contribution >= 0.6 is 0 Å². The van der Waals surface area contributed by atoms with Gasteiger partial charge in [-0.2, -0.15) is 0 Å². The van der Waals surface area contributed by atoms with Crippen molar-refractivity contribution in [3.05, 3.63) is 25.3 Å². The standard InChI is InChI=1S/C11H24.2C3H4O2/c1-3-5-7-9-11-10-8-6-4-2;2*1-2-3(4)5/h3-11H2,1-2H3;2*2H,1H2,(H,4,5). The third kappa shape index (κ3) is 45.7. The molecule has 0 atom stereocenters. The summed E-state index contributed by atoms with van der Waals surface area (Å²) in [4.78, 5) is 18.5. The van der Waals surface area contributed by atoms with Gasteiger partial charge in [0.15, 0.2) is 0 Å². The van der Waals surface area contributed by atoms with Crippen molar-refractivity contribution in [2.24, 2.45) is 0 Å². The summed E-state index contributed by atoms with van der Waals surface area (Å²) in [6.45, 7) is 10.5. The Morgan fingerprint density at radius 3 is 1.05 bits per heavy atom. The van der Waals surface area contributed by atoms with E-state index in [0.29, 0.717) is 0 Å². The molecule has 0 aliphatic carbocycles. The molecule has 0 aromatic rings. The maximum absolute atomic E-state index is 9.25. The summed E-state index contributed by atoms with van der Waals surface area (Å²) in [7, 11) is 0. The zero-order valence-electron chi connectivity index (χ0n) is 13.6. The van der Waals surface area contributed by atoms with E-state index in [1.54, 1.807) is 0 Å². The second kappa shape index (κ2) is 23.5. The Labute approximate surface area is 129 Å². The van der Waals surface area contributed by atoms with E-state index < -0.39 is 11.9 Å². The van der Waals surface area contributed by atoms with E-state index in [1.165, 1.54) is 57.8 Å². The zero-order chi connectivity index (χ0) is 16.9. The molecule has 2 N–H and O–H groups in total. The molecule has 0 saturated heterocycles. The van der Waals surface area contributed by atoms with Crippen LogP contribution in [0, 0.1) is 0 Å². The van der Waals surface area contributed by atoms with E-state index in [0.717, 1.165) is 12.2 Å².